The van der Waals surface area contributed by atoms with Crippen molar-refractivity contribution in [2.45, 2.75) is 32.6 Å². The number of esters is 1. The second-order valence-electron chi connectivity index (χ2n) is 6.22. The molecular formula is C15H26N2O5S. The van der Waals surface area contributed by atoms with Gasteiger partial charge in [-0.3, -0.25) is 9.59 Å². The minimum Gasteiger partial charge on any atom is -0.469 e. The molecule has 0 aliphatic carbocycles. The Kier molecular flexibility index (Phi) is 6.02. The Morgan fingerprint density at radius 2 is 1.74 bits per heavy atom. The number of ether oxygens (including phenoxy) is 1. The molecule has 0 spiro atoms. The highest BCUT2D eigenvalue weighted by Gasteiger charge is 2.35. The SMILES string of the molecule is CCS(=O)(=O)N1CCC[C@@H](C(=O)N2CCC(C(=O)OC)CC2)C1. The monoisotopic (exact) mass is 346 g/mol. The van der Waals surface area contributed by atoms with E-state index < -0.39 is 10.0 Å². The molecule has 2 aliphatic rings. The van der Waals surface area contributed by atoms with Crippen molar-refractivity contribution in [3.8, 4) is 0 Å². The number of nitrogens with zero attached hydrogens (tertiary/aromatic N) is 2. The van der Waals surface area contributed by atoms with E-state index >= 15 is 0 Å². The van der Waals surface area contributed by atoms with Gasteiger partial charge in [0.25, 0.3) is 0 Å². The summed E-state index contributed by atoms with van der Waals surface area (Å²) >= 11 is 0. The van der Waals surface area contributed by atoms with Crippen LogP contribution in [0.2, 0.25) is 0 Å². The molecule has 0 aromatic heterocycles. The fraction of sp³-hybridized carbons (Fsp3) is 0.867. The number of methoxy groups -OCH3 is 1. The molecule has 2 saturated heterocycles. The molecule has 8 heteroatoms. The summed E-state index contributed by atoms with van der Waals surface area (Å²) in [7, 11) is -1.86. The molecule has 0 N–H and O–H groups in total. The number of carbonyl (C=O) groups is 2. The molecule has 2 fully saturated rings. The minimum atomic E-state index is -3.24. The molecule has 0 radical (unpaired) electrons. The average Bonchev–Trinajstić information content (AvgIpc) is 2.60. The third kappa shape index (κ3) is 4.23. The maximum Gasteiger partial charge on any atom is 0.308 e. The number of hydrogen-bond acceptors (Lipinski definition) is 5. The average molecular weight is 346 g/mol. The lowest BCUT2D eigenvalue weighted by Crippen LogP contribution is -2.49. The highest BCUT2D eigenvalue weighted by atomic mass is 32.2. The molecule has 23 heavy (non-hydrogen) atoms. The highest BCUT2D eigenvalue weighted by molar-refractivity contribution is 7.89. The Morgan fingerprint density at radius 3 is 2.30 bits per heavy atom. The Labute approximate surface area is 138 Å². The van der Waals surface area contributed by atoms with Gasteiger partial charge in [0, 0.05) is 26.2 Å². The Hall–Kier alpha value is -1.15. The van der Waals surface area contributed by atoms with Gasteiger partial charge in [-0.25, -0.2) is 12.7 Å². The maximum atomic E-state index is 12.6. The van der Waals surface area contributed by atoms with Crippen molar-refractivity contribution < 1.29 is 22.7 Å². The first-order chi connectivity index (χ1) is 10.9. The zero-order chi connectivity index (χ0) is 17.0. The van der Waals surface area contributed by atoms with E-state index in [1.54, 1.807) is 11.8 Å². The number of piperidine rings is 2. The zero-order valence-electron chi connectivity index (χ0n) is 13.9. The molecule has 0 bridgehead atoms. The van der Waals surface area contributed by atoms with Crippen LogP contribution in [0.4, 0.5) is 0 Å². The van der Waals surface area contributed by atoms with Gasteiger partial charge in [0.05, 0.1) is 24.7 Å². The summed E-state index contributed by atoms with van der Waals surface area (Å²) in [5.41, 5.74) is 0. The van der Waals surface area contributed by atoms with Gasteiger partial charge >= 0.3 is 5.97 Å². The van der Waals surface area contributed by atoms with Crippen LogP contribution in [0.25, 0.3) is 0 Å². The molecule has 132 valence electrons. The van der Waals surface area contributed by atoms with Crippen molar-refractivity contribution in [2.75, 3.05) is 39.0 Å². The second kappa shape index (κ2) is 7.61. The lowest BCUT2D eigenvalue weighted by Gasteiger charge is -2.36. The van der Waals surface area contributed by atoms with Crippen molar-refractivity contribution in [1.82, 2.24) is 9.21 Å². The first-order valence-electron chi connectivity index (χ1n) is 8.23. The van der Waals surface area contributed by atoms with E-state index in [4.69, 9.17) is 4.74 Å². The third-order valence-electron chi connectivity index (χ3n) is 4.83. The third-order valence-corrected chi connectivity index (χ3v) is 6.68. The van der Waals surface area contributed by atoms with Crippen LogP contribution in [0.5, 0.6) is 0 Å². The van der Waals surface area contributed by atoms with Crippen LogP contribution in [-0.4, -0.2) is 68.5 Å². The predicted molar refractivity (Wildman–Crippen MR) is 85.1 cm³/mol. The van der Waals surface area contributed by atoms with E-state index in [1.807, 2.05) is 0 Å². The van der Waals surface area contributed by atoms with Gasteiger partial charge in [0.2, 0.25) is 15.9 Å². The van der Waals surface area contributed by atoms with Gasteiger partial charge in [-0.1, -0.05) is 0 Å². The van der Waals surface area contributed by atoms with Crippen LogP contribution >= 0.6 is 0 Å². The lowest BCUT2D eigenvalue weighted by molar-refractivity contribution is -0.149. The Balaban J connectivity index is 1.92. The normalized spacial score (nSPS) is 24.4. The van der Waals surface area contributed by atoms with Crippen molar-refractivity contribution >= 4 is 21.9 Å². The van der Waals surface area contributed by atoms with E-state index in [0.29, 0.717) is 38.9 Å². The lowest BCUT2D eigenvalue weighted by atomic mass is 9.93. The minimum absolute atomic E-state index is 0.0179. The summed E-state index contributed by atoms with van der Waals surface area (Å²) in [5.74, 6) is -0.523. The molecule has 2 aliphatic heterocycles. The van der Waals surface area contributed by atoms with E-state index in [1.165, 1.54) is 11.4 Å². The zero-order valence-corrected chi connectivity index (χ0v) is 14.7. The number of sulfonamides is 1. The predicted octanol–water partition coefficient (Wildman–Crippen LogP) is 0.460. The number of likely N-dealkylation sites (tertiary alicyclic amines) is 1. The molecule has 0 aromatic rings. The van der Waals surface area contributed by atoms with Crippen molar-refractivity contribution in [1.29, 1.82) is 0 Å². The summed E-state index contributed by atoms with van der Waals surface area (Å²) in [6.07, 6.45) is 2.67. The molecule has 2 rings (SSSR count). The summed E-state index contributed by atoms with van der Waals surface area (Å²) in [6, 6.07) is 0. The van der Waals surface area contributed by atoms with Crippen LogP contribution in [0.1, 0.15) is 32.6 Å². The maximum absolute atomic E-state index is 12.6. The van der Waals surface area contributed by atoms with E-state index in [-0.39, 0.29) is 36.0 Å². The first-order valence-corrected chi connectivity index (χ1v) is 9.84. The van der Waals surface area contributed by atoms with Gasteiger partial charge in [-0.2, -0.15) is 0 Å². The molecule has 7 nitrogen and oxygen atoms in total. The fourth-order valence-electron chi connectivity index (χ4n) is 3.34. The standard InChI is InChI=1S/C15H26N2O5S/c1-3-23(20,21)17-8-4-5-13(11-17)14(18)16-9-6-12(7-10-16)15(19)22-2/h12-13H,3-11H2,1-2H3/t13-/m1/s1. The number of hydrogen-bond donors (Lipinski definition) is 0. The highest BCUT2D eigenvalue weighted by Crippen LogP contribution is 2.25. The molecule has 0 saturated carbocycles. The Morgan fingerprint density at radius 1 is 1.09 bits per heavy atom. The van der Waals surface area contributed by atoms with Gasteiger partial charge in [-0.15, -0.1) is 0 Å². The number of carbonyl (C=O) groups excluding carboxylic acids is 2. The van der Waals surface area contributed by atoms with Crippen LogP contribution in [0.15, 0.2) is 0 Å². The first kappa shape index (κ1) is 18.2. The molecule has 0 aromatic carbocycles. The molecule has 1 amide bonds. The topological polar surface area (TPSA) is 84.0 Å². The summed E-state index contributed by atoms with van der Waals surface area (Å²) in [4.78, 5) is 26.0. The fourth-order valence-corrected chi connectivity index (χ4v) is 4.52. The summed E-state index contributed by atoms with van der Waals surface area (Å²) in [5, 5.41) is 0. The van der Waals surface area contributed by atoms with E-state index in [9.17, 15) is 18.0 Å². The number of rotatable bonds is 4. The molecule has 1 atom stereocenters. The Bertz CT molecular complexity index is 540. The van der Waals surface area contributed by atoms with Crippen LogP contribution in [0.3, 0.4) is 0 Å². The second-order valence-corrected chi connectivity index (χ2v) is 8.48. The van der Waals surface area contributed by atoms with E-state index in [0.717, 1.165) is 6.42 Å². The largest absolute Gasteiger partial charge is 0.469 e. The molecule has 2 heterocycles. The van der Waals surface area contributed by atoms with E-state index in [2.05, 4.69) is 0 Å². The van der Waals surface area contributed by atoms with Gasteiger partial charge in [-0.05, 0) is 32.6 Å². The molecular weight excluding hydrogens is 320 g/mol. The smallest absolute Gasteiger partial charge is 0.308 e. The molecule has 0 unspecified atom stereocenters. The van der Waals surface area contributed by atoms with Crippen LogP contribution in [-0.2, 0) is 24.3 Å². The van der Waals surface area contributed by atoms with Crippen molar-refractivity contribution in [2.24, 2.45) is 11.8 Å². The van der Waals surface area contributed by atoms with Crippen LogP contribution in [0, 0.1) is 11.8 Å². The van der Waals surface area contributed by atoms with Gasteiger partial charge in [0.15, 0.2) is 0 Å². The summed E-state index contributed by atoms with van der Waals surface area (Å²) in [6.45, 7) is 3.49. The van der Waals surface area contributed by atoms with Gasteiger partial charge < -0.3 is 9.64 Å². The van der Waals surface area contributed by atoms with Crippen molar-refractivity contribution in [3.63, 3.8) is 0 Å². The van der Waals surface area contributed by atoms with Gasteiger partial charge in [0.1, 0.15) is 0 Å². The van der Waals surface area contributed by atoms with Crippen molar-refractivity contribution in [3.05, 3.63) is 0 Å². The number of amides is 1. The quantitative estimate of drug-likeness (QED) is 0.691. The van der Waals surface area contributed by atoms with Crippen LogP contribution < -0.4 is 0 Å². The summed E-state index contributed by atoms with van der Waals surface area (Å²) < 4.78 is 30.2.